The highest BCUT2D eigenvalue weighted by atomic mass is 32.2. The average Bonchev–Trinajstić information content (AvgIpc) is 3.12. The second-order valence-electron chi connectivity index (χ2n) is 8.14. The number of aryl methyl sites for hydroxylation is 2. The van der Waals surface area contributed by atoms with E-state index in [0.717, 1.165) is 35.3 Å². The first-order chi connectivity index (χ1) is 14.6. The number of amides is 1. The molecule has 2 N–H and O–H groups in total. The van der Waals surface area contributed by atoms with Crippen LogP contribution in [0.15, 0.2) is 17.1 Å². The number of carbonyl (C=O) groups excluding carboxylic acids is 1. The Hall–Kier alpha value is -2.13. The Morgan fingerprint density at radius 3 is 3.13 bits per heavy atom. The topological polar surface area (TPSA) is 92.7 Å². The molecule has 30 heavy (non-hydrogen) atoms. The Kier molecular flexibility index (Phi) is 5.41. The molecule has 3 heterocycles. The van der Waals surface area contributed by atoms with Gasteiger partial charge in [-0.25, -0.2) is 9.67 Å². The summed E-state index contributed by atoms with van der Waals surface area (Å²) in [5, 5.41) is 8.15. The van der Waals surface area contributed by atoms with Crippen LogP contribution in [0.4, 0.5) is 5.82 Å². The molecule has 3 aromatic heterocycles. The summed E-state index contributed by atoms with van der Waals surface area (Å²) in [6.45, 7) is 2.16. The zero-order valence-electron chi connectivity index (χ0n) is 16.9. The Morgan fingerprint density at radius 2 is 2.30 bits per heavy atom. The van der Waals surface area contributed by atoms with Gasteiger partial charge in [0.15, 0.2) is 0 Å². The molecule has 0 radical (unpaired) electrons. The van der Waals surface area contributed by atoms with E-state index in [2.05, 4.69) is 27.3 Å². The number of thioether (sulfide) groups is 1. The number of rotatable bonds is 8. The summed E-state index contributed by atoms with van der Waals surface area (Å²) in [6.07, 6.45) is 7.81. The summed E-state index contributed by atoms with van der Waals surface area (Å²) in [7, 11) is 0. The molecule has 1 saturated carbocycles. The van der Waals surface area contributed by atoms with Crippen LogP contribution < -0.4 is 10.9 Å². The molecule has 3 aromatic rings. The predicted molar refractivity (Wildman–Crippen MR) is 121 cm³/mol. The first-order valence-corrected chi connectivity index (χ1v) is 12.5. The van der Waals surface area contributed by atoms with Gasteiger partial charge in [-0.1, -0.05) is 0 Å². The van der Waals surface area contributed by atoms with Crippen LogP contribution in [0.5, 0.6) is 0 Å². The average molecular weight is 444 g/mol. The Morgan fingerprint density at radius 1 is 1.43 bits per heavy atom. The molecule has 0 spiro atoms. The molecule has 0 aliphatic heterocycles. The van der Waals surface area contributed by atoms with Crippen molar-refractivity contribution < 1.29 is 4.79 Å². The fourth-order valence-electron chi connectivity index (χ4n) is 4.17. The smallest absolute Gasteiger partial charge is 0.259 e. The number of hydrogen-bond donors (Lipinski definition) is 2. The van der Waals surface area contributed by atoms with Gasteiger partial charge in [-0.15, -0.1) is 11.3 Å². The summed E-state index contributed by atoms with van der Waals surface area (Å²) >= 11 is 3.27. The van der Waals surface area contributed by atoms with E-state index in [4.69, 9.17) is 0 Å². The third-order valence-electron chi connectivity index (χ3n) is 5.96. The lowest BCUT2D eigenvalue weighted by Gasteiger charge is -2.15. The van der Waals surface area contributed by atoms with Crippen LogP contribution in [0, 0.1) is 5.92 Å². The second-order valence-corrected chi connectivity index (χ2v) is 10.3. The van der Waals surface area contributed by atoms with Crippen molar-refractivity contribution in [3.8, 4) is 0 Å². The van der Waals surface area contributed by atoms with Gasteiger partial charge in [-0.05, 0) is 50.5 Å². The molecule has 0 aromatic carbocycles. The maximum absolute atomic E-state index is 12.5. The number of fused-ring (bicyclic) bond motifs is 3. The molecule has 2 aliphatic rings. The van der Waals surface area contributed by atoms with Gasteiger partial charge in [0.05, 0.1) is 23.4 Å². The molecule has 2 aliphatic carbocycles. The van der Waals surface area contributed by atoms with Crippen molar-refractivity contribution in [2.45, 2.75) is 57.2 Å². The number of thiophene rings is 1. The van der Waals surface area contributed by atoms with Crippen LogP contribution in [-0.2, 0) is 23.4 Å². The van der Waals surface area contributed by atoms with E-state index in [1.807, 2.05) is 10.7 Å². The summed E-state index contributed by atoms with van der Waals surface area (Å²) in [5.41, 5.74) is 1.18. The first kappa shape index (κ1) is 19.8. The van der Waals surface area contributed by atoms with E-state index in [9.17, 15) is 9.59 Å². The monoisotopic (exact) mass is 443 g/mol. The summed E-state index contributed by atoms with van der Waals surface area (Å²) in [4.78, 5) is 34.6. The summed E-state index contributed by atoms with van der Waals surface area (Å²) < 4.78 is 1.92. The molecule has 1 fully saturated rings. The van der Waals surface area contributed by atoms with Crippen LogP contribution in [0.3, 0.4) is 0 Å². The second kappa shape index (κ2) is 8.19. The zero-order valence-corrected chi connectivity index (χ0v) is 18.6. The maximum atomic E-state index is 12.5. The van der Waals surface area contributed by atoms with Crippen LogP contribution in [0.2, 0.25) is 0 Å². The van der Waals surface area contributed by atoms with Gasteiger partial charge in [-0.2, -0.15) is 16.9 Å². The van der Waals surface area contributed by atoms with Gasteiger partial charge < -0.3 is 10.3 Å². The van der Waals surface area contributed by atoms with Crippen LogP contribution in [-0.4, -0.2) is 31.4 Å². The van der Waals surface area contributed by atoms with Crippen molar-refractivity contribution in [3.05, 3.63) is 38.9 Å². The lowest BCUT2D eigenvalue weighted by Crippen LogP contribution is -2.18. The quantitative estimate of drug-likeness (QED) is 0.515. The van der Waals surface area contributed by atoms with Crippen molar-refractivity contribution >= 4 is 45.0 Å². The standard InChI is InChI=1S/C21H25N5O2S2/c1-12(13-5-6-13)26-17(7-9-22-26)25-18(27)8-10-29-11-16-23-20(28)19-14-3-2-4-15(14)30-21(19)24-16/h7,9,12-13H,2-6,8,10-11H2,1H3,(H,25,27)(H,23,24,28). The van der Waals surface area contributed by atoms with Crippen molar-refractivity contribution in [3.63, 3.8) is 0 Å². The van der Waals surface area contributed by atoms with Crippen molar-refractivity contribution in [1.82, 2.24) is 19.7 Å². The molecule has 1 atom stereocenters. The van der Waals surface area contributed by atoms with E-state index in [1.54, 1.807) is 29.3 Å². The van der Waals surface area contributed by atoms with E-state index in [1.165, 1.54) is 23.3 Å². The minimum Gasteiger partial charge on any atom is -0.311 e. The fourth-order valence-corrected chi connectivity index (χ4v) is 6.26. The lowest BCUT2D eigenvalue weighted by molar-refractivity contribution is -0.115. The summed E-state index contributed by atoms with van der Waals surface area (Å²) in [5.74, 6) is 3.38. The van der Waals surface area contributed by atoms with E-state index in [0.29, 0.717) is 35.7 Å². The minimum atomic E-state index is -0.0224. The molecular weight excluding hydrogens is 418 g/mol. The molecule has 1 unspecified atom stereocenters. The highest BCUT2D eigenvalue weighted by Crippen LogP contribution is 2.40. The van der Waals surface area contributed by atoms with Crippen LogP contribution >= 0.6 is 23.1 Å². The van der Waals surface area contributed by atoms with Gasteiger partial charge in [0.25, 0.3) is 5.56 Å². The van der Waals surface area contributed by atoms with Crippen molar-refractivity contribution in [2.75, 3.05) is 11.1 Å². The molecule has 0 saturated heterocycles. The molecule has 9 heteroatoms. The predicted octanol–water partition coefficient (Wildman–Crippen LogP) is 3.90. The van der Waals surface area contributed by atoms with Gasteiger partial charge in [-0.3, -0.25) is 9.59 Å². The number of carbonyl (C=O) groups is 1. The number of hydrogen-bond acceptors (Lipinski definition) is 6. The largest absolute Gasteiger partial charge is 0.311 e. The molecular formula is C21H25N5O2S2. The van der Waals surface area contributed by atoms with E-state index in [-0.39, 0.29) is 11.5 Å². The molecule has 1 amide bonds. The summed E-state index contributed by atoms with van der Waals surface area (Å²) in [6, 6.07) is 2.17. The van der Waals surface area contributed by atoms with Gasteiger partial charge in [0, 0.05) is 23.1 Å². The maximum Gasteiger partial charge on any atom is 0.259 e. The number of nitrogens with one attached hydrogen (secondary N) is 2. The van der Waals surface area contributed by atoms with E-state index < -0.39 is 0 Å². The first-order valence-electron chi connectivity index (χ1n) is 10.5. The van der Waals surface area contributed by atoms with Crippen LogP contribution in [0.1, 0.15) is 54.9 Å². The minimum absolute atomic E-state index is 0.0150. The Labute approximate surface area is 182 Å². The fraction of sp³-hybridized carbons (Fsp3) is 0.524. The number of aromatic amines is 1. The third kappa shape index (κ3) is 3.92. The van der Waals surface area contributed by atoms with Gasteiger partial charge in [0.1, 0.15) is 16.5 Å². The van der Waals surface area contributed by atoms with E-state index >= 15 is 0 Å². The Bertz CT molecular complexity index is 1140. The van der Waals surface area contributed by atoms with Crippen LogP contribution in [0.25, 0.3) is 10.2 Å². The molecule has 158 valence electrons. The third-order valence-corrected chi connectivity index (χ3v) is 8.12. The molecule has 0 bridgehead atoms. The Balaban J connectivity index is 1.14. The van der Waals surface area contributed by atoms with Gasteiger partial charge >= 0.3 is 0 Å². The van der Waals surface area contributed by atoms with Crippen molar-refractivity contribution in [2.24, 2.45) is 5.92 Å². The highest BCUT2D eigenvalue weighted by Gasteiger charge is 2.30. The number of nitrogens with zero attached hydrogens (tertiary/aromatic N) is 3. The zero-order chi connectivity index (χ0) is 20.7. The number of anilines is 1. The highest BCUT2D eigenvalue weighted by molar-refractivity contribution is 7.98. The number of H-pyrrole nitrogens is 1. The lowest BCUT2D eigenvalue weighted by atomic mass is 10.2. The molecule has 5 rings (SSSR count). The van der Waals surface area contributed by atoms with Crippen molar-refractivity contribution in [1.29, 1.82) is 0 Å². The van der Waals surface area contributed by atoms with Gasteiger partial charge in [0.2, 0.25) is 5.91 Å². The normalized spacial score (nSPS) is 16.7. The SMILES string of the molecule is CC(C1CC1)n1nccc1NC(=O)CCSCc1nc2sc3c(c2c(=O)[nH]1)CCC3. The molecule has 7 nitrogen and oxygen atoms in total. The number of aromatic nitrogens is 4.